The lowest BCUT2D eigenvalue weighted by Gasteiger charge is -2.26. The summed E-state index contributed by atoms with van der Waals surface area (Å²) in [5, 5.41) is 19.2. The van der Waals surface area contributed by atoms with Crippen molar-refractivity contribution in [2.75, 3.05) is 57.1 Å². The molecule has 0 aliphatic heterocycles. The number of carbonyl (C=O) groups excluding carboxylic acids is 4. The van der Waals surface area contributed by atoms with Gasteiger partial charge in [0.1, 0.15) is 35.7 Å². The minimum atomic E-state index is -4.61. The first-order chi connectivity index (χ1) is 33.6. The number of nitrogens with zero attached hydrogens (tertiary/aromatic N) is 3. The number of methoxy groups -OCH3 is 1. The predicted octanol–water partition coefficient (Wildman–Crippen LogP) is 9.83. The molecule has 18 nitrogen and oxygen atoms in total. The molecule has 0 heterocycles. The van der Waals surface area contributed by atoms with Gasteiger partial charge in [-0.3, -0.25) is 34.0 Å². The Labute approximate surface area is 435 Å². The lowest BCUT2D eigenvalue weighted by Crippen LogP contribution is -2.35. The molecule has 0 spiro atoms. The zero-order valence-corrected chi connectivity index (χ0v) is 44.1. The van der Waals surface area contributed by atoms with E-state index in [9.17, 15) is 51.8 Å². The van der Waals surface area contributed by atoms with Crippen LogP contribution in [0, 0.1) is 10.1 Å². The number of amides is 2. The SMILES string of the molecule is C=CCN(CC=C)C(=O)C(Cl)Cl.CCOC(=O)C(C)OC(=O)c1cc(Oc2ccc(C(F)(F)F)cc2Cl)ccc1[N+](=O)[O-].CCc1cccc(CC)c1N(COC)C(=O)CCl.CP(=O)(O)CCC(N)C(=O)O. The van der Waals surface area contributed by atoms with Gasteiger partial charge in [0.05, 0.1) is 27.8 Å². The number of para-hydroxylation sites is 1. The molecule has 3 aromatic rings. The number of nitro groups is 1. The van der Waals surface area contributed by atoms with Gasteiger partial charge in [-0.15, -0.1) is 24.8 Å². The highest BCUT2D eigenvalue weighted by molar-refractivity contribution is 7.57. The normalized spacial score (nSPS) is 12.3. The molecule has 0 saturated carbocycles. The van der Waals surface area contributed by atoms with Gasteiger partial charge < -0.3 is 39.6 Å². The summed E-state index contributed by atoms with van der Waals surface area (Å²) < 4.78 is 69.0. The van der Waals surface area contributed by atoms with E-state index >= 15 is 0 Å². The smallest absolute Gasteiger partial charge is 0.416 e. The van der Waals surface area contributed by atoms with E-state index in [4.69, 9.17) is 81.1 Å². The van der Waals surface area contributed by atoms with Crippen LogP contribution in [0.4, 0.5) is 24.5 Å². The summed E-state index contributed by atoms with van der Waals surface area (Å²) >= 11 is 22.3. The maximum absolute atomic E-state index is 12.8. The summed E-state index contributed by atoms with van der Waals surface area (Å²) in [6, 6.07) is 10.4. The Morgan fingerprint density at radius 3 is 1.97 bits per heavy atom. The van der Waals surface area contributed by atoms with Crippen LogP contribution >= 0.6 is 53.8 Å². The van der Waals surface area contributed by atoms with Crippen LogP contribution in [0.1, 0.15) is 61.2 Å². The molecule has 2 amide bonds. The molecule has 0 radical (unpaired) electrons. The van der Waals surface area contributed by atoms with E-state index in [0.717, 1.165) is 60.0 Å². The van der Waals surface area contributed by atoms with Crippen molar-refractivity contribution in [2.24, 2.45) is 5.73 Å². The van der Waals surface area contributed by atoms with Crippen molar-refractivity contribution in [1.82, 2.24) is 4.90 Å². The third-order valence-electron chi connectivity index (χ3n) is 9.05. The fourth-order valence-electron chi connectivity index (χ4n) is 5.55. The lowest BCUT2D eigenvalue weighted by atomic mass is 10.0. The topological polar surface area (TPSA) is 255 Å². The Hall–Kier alpha value is -5.25. The molecule has 3 aromatic carbocycles. The van der Waals surface area contributed by atoms with E-state index in [-0.39, 0.29) is 60.1 Å². The molecular formula is C46H58Cl4F3N4O14P. The number of carboxylic acid groups (broad SMARTS) is 1. The number of hydrogen-bond acceptors (Lipinski definition) is 13. The number of nitrogens with two attached hydrogens (primary N) is 1. The maximum atomic E-state index is 12.8. The number of rotatable bonds is 22. The molecule has 26 heteroatoms. The van der Waals surface area contributed by atoms with E-state index < -0.39 is 70.2 Å². The quantitative estimate of drug-likeness (QED) is 0.0161. The van der Waals surface area contributed by atoms with Crippen LogP contribution in [-0.2, 0) is 57.0 Å². The van der Waals surface area contributed by atoms with Crippen LogP contribution in [0.15, 0.2) is 79.9 Å². The van der Waals surface area contributed by atoms with E-state index in [1.807, 2.05) is 18.2 Å². The Balaban J connectivity index is 0.00000104. The third kappa shape index (κ3) is 24.0. The molecule has 0 aliphatic rings. The van der Waals surface area contributed by atoms with Crippen molar-refractivity contribution in [3.8, 4) is 11.5 Å². The number of alkyl halides is 6. The molecule has 0 aromatic heterocycles. The number of hydrogen-bond donors (Lipinski definition) is 3. The number of ether oxygens (including phenoxy) is 4. The van der Waals surface area contributed by atoms with Crippen molar-refractivity contribution < 1.29 is 75.6 Å². The van der Waals surface area contributed by atoms with E-state index in [1.54, 1.807) is 31.1 Å². The number of esters is 2. The minimum absolute atomic E-state index is 0.0371. The van der Waals surface area contributed by atoms with Gasteiger partial charge in [-0.1, -0.05) is 79.0 Å². The van der Waals surface area contributed by atoms with Crippen LogP contribution in [0.2, 0.25) is 5.02 Å². The highest BCUT2D eigenvalue weighted by atomic mass is 35.5. The summed E-state index contributed by atoms with van der Waals surface area (Å²) in [5.41, 5.74) is 6.17. The molecule has 0 fully saturated rings. The average Bonchev–Trinajstić information content (AvgIpc) is 3.32. The molecule has 0 saturated heterocycles. The van der Waals surface area contributed by atoms with E-state index in [1.165, 1.54) is 18.5 Å². The first-order valence-electron chi connectivity index (χ1n) is 21.3. The maximum Gasteiger partial charge on any atom is 0.416 e. The molecule has 0 aliphatic carbocycles. The monoisotopic (exact) mass is 1120 g/mol. The number of nitro benzene ring substituents is 1. The van der Waals surface area contributed by atoms with E-state index in [0.29, 0.717) is 19.2 Å². The Morgan fingerprint density at radius 2 is 1.56 bits per heavy atom. The van der Waals surface area contributed by atoms with Crippen molar-refractivity contribution in [2.45, 2.75) is 70.1 Å². The van der Waals surface area contributed by atoms with Crippen LogP contribution in [-0.4, -0.2) is 119 Å². The summed E-state index contributed by atoms with van der Waals surface area (Å²) in [6.45, 7) is 16.3. The molecule has 0 bridgehead atoms. The number of carboxylic acids is 1. The van der Waals surface area contributed by atoms with Gasteiger partial charge in [-0.05, 0) is 68.5 Å². The van der Waals surface area contributed by atoms with Crippen molar-refractivity contribution >= 4 is 94.9 Å². The van der Waals surface area contributed by atoms with Gasteiger partial charge in [0.15, 0.2) is 18.3 Å². The molecule has 4 N–H and O–H groups in total. The number of carbonyl (C=O) groups is 5. The number of benzene rings is 3. The standard InChI is InChI=1S/C19H15ClF3NO7.C14H20ClNO2.C8H11Cl2NO.C5H12NO4P/c1-3-29-17(25)10(2)30-18(26)13-9-12(5-6-15(13)24(27)28)31-16-7-4-11(8-14(16)20)19(21,22)23;1-4-11-7-6-8-12(5-2)14(11)16(10-18-3)13(17)9-15;1-3-5-11(6-4-2)8(12)7(9)10;1-11(9,10)3-2-4(6)5(7)8/h4-10H,3H2,1-2H3;6-8H,4-5,9-10H2,1-3H3;3-4,7H,1-2,5-6H2;4H,2-3,6H2,1H3,(H,7,8)(H,9,10). The van der Waals surface area contributed by atoms with Gasteiger partial charge in [0, 0.05) is 45.2 Å². The van der Waals surface area contributed by atoms with Gasteiger partial charge in [0.2, 0.25) is 5.91 Å². The van der Waals surface area contributed by atoms with Gasteiger partial charge >= 0.3 is 24.1 Å². The van der Waals surface area contributed by atoms with Gasteiger partial charge in [-0.25, -0.2) is 9.59 Å². The van der Waals surface area contributed by atoms with Crippen LogP contribution in [0.5, 0.6) is 11.5 Å². The van der Waals surface area contributed by atoms with Crippen LogP contribution in [0.3, 0.4) is 0 Å². The summed E-state index contributed by atoms with van der Waals surface area (Å²) in [4.78, 5) is 78.5. The molecule has 400 valence electrons. The Morgan fingerprint density at radius 1 is 0.986 bits per heavy atom. The highest BCUT2D eigenvalue weighted by Crippen LogP contribution is 2.38. The van der Waals surface area contributed by atoms with Crippen molar-refractivity contribution in [3.63, 3.8) is 0 Å². The average molecular weight is 1120 g/mol. The van der Waals surface area contributed by atoms with Crippen molar-refractivity contribution in [3.05, 3.63) is 117 Å². The van der Waals surface area contributed by atoms with Gasteiger partial charge in [0.25, 0.3) is 11.6 Å². The number of anilines is 1. The Bertz CT molecular complexity index is 2330. The number of halogens is 7. The molecule has 3 rings (SSSR count). The first kappa shape index (κ1) is 66.8. The Kier molecular flexibility index (Phi) is 31.0. The minimum Gasteiger partial charge on any atom is -0.480 e. The van der Waals surface area contributed by atoms with Crippen LogP contribution < -0.4 is 15.4 Å². The van der Waals surface area contributed by atoms with Crippen molar-refractivity contribution in [1.29, 1.82) is 0 Å². The third-order valence-corrected chi connectivity index (χ3v) is 11.0. The molecule has 72 heavy (non-hydrogen) atoms. The summed E-state index contributed by atoms with van der Waals surface area (Å²) in [6.07, 6.45) is -0.976. The zero-order chi connectivity index (χ0) is 55.5. The first-order valence-corrected chi connectivity index (χ1v) is 25.4. The summed E-state index contributed by atoms with van der Waals surface area (Å²) in [7, 11) is -1.52. The fraction of sp³-hybridized carbons (Fsp3) is 0.413. The molecule has 3 unspecified atom stereocenters. The number of aliphatic carboxylic acids is 1. The fourth-order valence-corrected chi connectivity index (χ4v) is 6.95. The highest BCUT2D eigenvalue weighted by Gasteiger charge is 2.32. The molecule has 3 atom stereocenters. The zero-order valence-electron chi connectivity index (χ0n) is 40.2. The molecular weight excluding hydrogens is 1060 g/mol. The lowest BCUT2D eigenvalue weighted by molar-refractivity contribution is -0.385. The second-order valence-corrected chi connectivity index (χ2v) is 18.9. The predicted molar refractivity (Wildman–Crippen MR) is 270 cm³/mol. The van der Waals surface area contributed by atoms with Crippen LogP contribution in [0.25, 0.3) is 0 Å². The van der Waals surface area contributed by atoms with Gasteiger partial charge in [-0.2, -0.15) is 13.2 Å². The largest absolute Gasteiger partial charge is 0.480 e. The second kappa shape index (κ2) is 33.5. The second-order valence-electron chi connectivity index (χ2n) is 14.6. The number of aryl methyl sites for hydroxylation is 2. The summed E-state index contributed by atoms with van der Waals surface area (Å²) in [5.74, 6) is -3.99. The van der Waals surface area contributed by atoms with E-state index in [2.05, 4.69) is 27.0 Å².